The van der Waals surface area contributed by atoms with Crippen molar-refractivity contribution < 1.29 is 13.2 Å². The normalized spacial score (nSPS) is 14.5. The fraction of sp³-hybridized carbons (Fsp3) is 0.200. The molecule has 3 aromatic carbocycles. The van der Waals surface area contributed by atoms with Crippen molar-refractivity contribution in [2.45, 2.75) is 43.7 Å². The van der Waals surface area contributed by atoms with E-state index < -0.39 is 10.0 Å². The highest BCUT2D eigenvalue weighted by Gasteiger charge is 2.28. The summed E-state index contributed by atoms with van der Waals surface area (Å²) in [5, 5.41) is 7.00. The number of hydrogen-bond donors (Lipinski definition) is 3. The standard InChI is InChI=1S/C30H28Cl2N4O3S/c1-2-19-5-11-23(12-6-19)40(38,39)36-28-14-9-21-8-10-22(17-25(21)28)35-29-24(4-3-15-33-29)30(37)34-18-20-7-13-26(31)27(32)16-20/h3-8,10-13,15-17,28,36H,2,9,14,18H2,1H3,(H,33,35)(H,34,37). The van der Waals surface area contributed by atoms with Gasteiger partial charge in [0.25, 0.3) is 5.91 Å². The lowest BCUT2D eigenvalue weighted by atomic mass is 10.1. The minimum atomic E-state index is -3.69. The SMILES string of the molecule is CCc1ccc(S(=O)(=O)NC2CCc3ccc(Nc4ncccc4C(=O)NCc4ccc(Cl)c(Cl)c4)cc32)cc1. The maximum absolute atomic E-state index is 13.1. The van der Waals surface area contributed by atoms with E-state index in [9.17, 15) is 13.2 Å². The number of aryl methyl sites for hydroxylation is 2. The van der Waals surface area contributed by atoms with Gasteiger partial charge >= 0.3 is 0 Å². The first kappa shape index (κ1) is 28.1. The molecule has 1 aliphatic carbocycles. The molecule has 0 aliphatic heterocycles. The van der Waals surface area contributed by atoms with Crippen LogP contribution in [0.5, 0.6) is 0 Å². The predicted molar refractivity (Wildman–Crippen MR) is 159 cm³/mol. The minimum Gasteiger partial charge on any atom is -0.348 e. The zero-order valence-electron chi connectivity index (χ0n) is 21.7. The zero-order valence-corrected chi connectivity index (χ0v) is 24.1. The van der Waals surface area contributed by atoms with Gasteiger partial charge in [0.1, 0.15) is 5.82 Å². The van der Waals surface area contributed by atoms with E-state index in [4.69, 9.17) is 23.2 Å². The molecule has 1 unspecified atom stereocenters. The molecule has 1 heterocycles. The first-order valence-corrected chi connectivity index (χ1v) is 15.2. The van der Waals surface area contributed by atoms with Gasteiger partial charge in [-0.1, -0.05) is 54.4 Å². The number of carbonyl (C=O) groups is 1. The smallest absolute Gasteiger partial charge is 0.255 e. The number of halogens is 2. The first-order chi connectivity index (χ1) is 19.2. The quantitative estimate of drug-likeness (QED) is 0.203. The Morgan fingerprint density at radius 3 is 2.50 bits per heavy atom. The number of benzene rings is 3. The molecule has 1 aromatic heterocycles. The molecule has 7 nitrogen and oxygen atoms in total. The van der Waals surface area contributed by atoms with Crippen molar-refractivity contribution >= 4 is 50.6 Å². The monoisotopic (exact) mass is 594 g/mol. The lowest BCUT2D eigenvalue weighted by Crippen LogP contribution is -2.27. The number of nitrogens with one attached hydrogen (secondary N) is 3. The molecule has 4 aromatic rings. The van der Waals surface area contributed by atoms with Crippen LogP contribution < -0.4 is 15.4 Å². The Bertz CT molecular complexity index is 1660. The van der Waals surface area contributed by atoms with Crippen LogP contribution in [-0.4, -0.2) is 19.3 Å². The second-order valence-corrected chi connectivity index (χ2v) is 12.1. The minimum absolute atomic E-state index is 0.248. The number of carbonyl (C=O) groups excluding carboxylic acids is 1. The van der Waals surface area contributed by atoms with Gasteiger partial charge in [-0.05, 0) is 90.0 Å². The fourth-order valence-corrected chi connectivity index (χ4v) is 6.28. The highest BCUT2D eigenvalue weighted by molar-refractivity contribution is 7.89. The number of aromatic nitrogens is 1. The van der Waals surface area contributed by atoms with Gasteiger partial charge < -0.3 is 10.6 Å². The summed E-state index contributed by atoms with van der Waals surface area (Å²) >= 11 is 12.1. The van der Waals surface area contributed by atoms with E-state index in [0.29, 0.717) is 33.5 Å². The van der Waals surface area contributed by atoms with E-state index in [1.807, 2.05) is 37.3 Å². The van der Waals surface area contributed by atoms with Crippen LogP contribution in [-0.2, 0) is 29.4 Å². The van der Waals surface area contributed by atoms with E-state index in [1.54, 1.807) is 48.7 Å². The van der Waals surface area contributed by atoms with E-state index >= 15 is 0 Å². The van der Waals surface area contributed by atoms with Crippen molar-refractivity contribution in [3.05, 3.63) is 117 Å². The molecule has 1 aliphatic rings. The summed E-state index contributed by atoms with van der Waals surface area (Å²) in [6.45, 7) is 2.30. The summed E-state index contributed by atoms with van der Waals surface area (Å²) in [5.74, 6) is 0.0859. The summed E-state index contributed by atoms with van der Waals surface area (Å²) in [6, 6.07) is 21.0. The molecule has 206 valence electrons. The molecule has 0 radical (unpaired) electrons. The van der Waals surface area contributed by atoms with E-state index in [1.165, 1.54) is 0 Å². The first-order valence-electron chi connectivity index (χ1n) is 12.9. The van der Waals surface area contributed by atoms with Crippen LogP contribution >= 0.6 is 23.2 Å². The van der Waals surface area contributed by atoms with Crippen LogP contribution in [0, 0.1) is 0 Å². The average Bonchev–Trinajstić information content (AvgIpc) is 3.35. The number of fused-ring (bicyclic) bond motifs is 1. The lowest BCUT2D eigenvalue weighted by Gasteiger charge is -2.17. The van der Waals surface area contributed by atoms with Gasteiger partial charge in [-0.25, -0.2) is 18.1 Å². The van der Waals surface area contributed by atoms with Gasteiger partial charge in [0.2, 0.25) is 10.0 Å². The number of sulfonamides is 1. The van der Waals surface area contributed by atoms with Crippen LogP contribution in [0.3, 0.4) is 0 Å². The predicted octanol–water partition coefficient (Wildman–Crippen LogP) is 6.59. The van der Waals surface area contributed by atoms with Gasteiger partial charge in [0, 0.05) is 24.5 Å². The number of amides is 1. The molecule has 3 N–H and O–H groups in total. The summed E-state index contributed by atoms with van der Waals surface area (Å²) in [6.07, 6.45) is 3.88. The average molecular weight is 596 g/mol. The molecule has 0 saturated heterocycles. The molecular formula is C30H28Cl2N4O3S. The van der Waals surface area contributed by atoms with Gasteiger partial charge in [0.05, 0.1) is 20.5 Å². The van der Waals surface area contributed by atoms with Crippen molar-refractivity contribution in [1.82, 2.24) is 15.0 Å². The van der Waals surface area contributed by atoms with Crippen molar-refractivity contribution in [2.75, 3.05) is 5.32 Å². The number of rotatable bonds is 9. The van der Waals surface area contributed by atoms with Crippen molar-refractivity contribution in [3.63, 3.8) is 0 Å². The molecule has 0 fully saturated rings. The number of pyridine rings is 1. The third kappa shape index (κ3) is 6.31. The van der Waals surface area contributed by atoms with Gasteiger partial charge in [-0.3, -0.25) is 4.79 Å². The maximum atomic E-state index is 13.1. The second kappa shape index (κ2) is 12.0. The molecule has 0 saturated carbocycles. The van der Waals surface area contributed by atoms with Crippen LogP contribution in [0.4, 0.5) is 11.5 Å². The summed E-state index contributed by atoms with van der Waals surface area (Å²) in [7, 11) is -3.69. The summed E-state index contributed by atoms with van der Waals surface area (Å²) < 4.78 is 29.1. The van der Waals surface area contributed by atoms with E-state index in [2.05, 4.69) is 20.3 Å². The van der Waals surface area contributed by atoms with Gasteiger partial charge in [0.15, 0.2) is 0 Å². The molecule has 0 spiro atoms. The fourth-order valence-electron chi connectivity index (χ4n) is 4.71. The van der Waals surface area contributed by atoms with Crippen LogP contribution in [0.15, 0.2) is 83.9 Å². The largest absolute Gasteiger partial charge is 0.348 e. The molecule has 0 bridgehead atoms. The van der Waals surface area contributed by atoms with Crippen molar-refractivity contribution in [2.24, 2.45) is 0 Å². The van der Waals surface area contributed by atoms with Crippen LogP contribution in [0.2, 0.25) is 10.0 Å². The summed E-state index contributed by atoms with van der Waals surface area (Å²) in [5.41, 5.74) is 4.96. The molecule has 40 heavy (non-hydrogen) atoms. The van der Waals surface area contributed by atoms with E-state index in [-0.39, 0.29) is 23.4 Å². The molecule has 5 rings (SSSR count). The highest BCUT2D eigenvalue weighted by atomic mass is 35.5. The zero-order chi connectivity index (χ0) is 28.3. The Morgan fingerprint density at radius 1 is 0.975 bits per heavy atom. The Balaban J connectivity index is 1.31. The van der Waals surface area contributed by atoms with Crippen molar-refractivity contribution in [1.29, 1.82) is 0 Å². The van der Waals surface area contributed by atoms with Crippen molar-refractivity contribution in [3.8, 4) is 0 Å². The Hall–Kier alpha value is -3.43. The van der Waals surface area contributed by atoms with Crippen LogP contribution in [0.25, 0.3) is 0 Å². The third-order valence-electron chi connectivity index (χ3n) is 6.92. The molecule has 10 heteroatoms. The molecule has 1 atom stereocenters. The number of anilines is 2. The Morgan fingerprint density at radius 2 is 1.75 bits per heavy atom. The topological polar surface area (TPSA) is 100 Å². The molecular weight excluding hydrogens is 567 g/mol. The van der Waals surface area contributed by atoms with Gasteiger partial charge in [-0.2, -0.15) is 0 Å². The lowest BCUT2D eigenvalue weighted by molar-refractivity contribution is 0.0951. The second-order valence-electron chi connectivity index (χ2n) is 9.58. The third-order valence-corrected chi connectivity index (χ3v) is 9.14. The maximum Gasteiger partial charge on any atom is 0.255 e. The number of nitrogens with zero attached hydrogens (tertiary/aromatic N) is 1. The Kier molecular flexibility index (Phi) is 8.42. The highest BCUT2D eigenvalue weighted by Crippen LogP contribution is 2.35. The van der Waals surface area contributed by atoms with E-state index in [0.717, 1.165) is 35.1 Å². The Labute approximate surface area is 244 Å². The summed E-state index contributed by atoms with van der Waals surface area (Å²) in [4.78, 5) is 17.7. The number of hydrogen-bond acceptors (Lipinski definition) is 5. The van der Waals surface area contributed by atoms with Gasteiger partial charge in [-0.15, -0.1) is 0 Å². The van der Waals surface area contributed by atoms with Crippen LogP contribution in [0.1, 0.15) is 52.0 Å². The molecule has 1 amide bonds.